The lowest BCUT2D eigenvalue weighted by molar-refractivity contribution is 0.397. The van der Waals surface area contributed by atoms with Crippen LogP contribution >= 0.6 is 15.9 Å². The average molecular weight is 311 g/mol. The van der Waals surface area contributed by atoms with Crippen LogP contribution in [0.4, 0.5) is 4.39 Å². The van der Waals surface area contributed by atoms with Gasteiger partial charge in [-0.15, -0.1) is 0 Å². The minimum Gasteiger partial charge on any atom is -0.496 e. The van der Waals surface area contributed by atoms with Crippen molar-refractivity contribution in [1.29, 1.82) is 0 Å². The van der Waals surface area contributed by atoms with Crippen molar-refractivity contribution in [3.8, 4) is 22.6 Å². The lowest BCUT2D eigenvalue weighted by Crippen LogP contribution is -1.94. The Morgan fingerprint density at radius 3 is 2.11 bits per heavy atom. The number of ether oxygens (including phenoxy) is 2. The molecule has 0 aliphatic heterocycles. The molecule has 0 radical (unpaired) electrons. The molecule has 94 valence electrons. The highest BCUT2D eigenvalue weighted by Crippen LogP contribution is 2.39. The first-order valence-electron chi connectivity index (χ1n) is 5.33. The van der Waals surface area contributed by atoms with Crippen LogP contribution in [0.3, 0.4) is 0 Å². The zero-order valence-electron chi connectivity index (χ0n) is 10.0. The molecule has 0 saturated heterocycles. The highest BCUT2D eigenvalue weighted by atomic mass is 79.9. The SMILES string of the molecule is COc1cccc(OC)c1-c1ccc(Br)cc1F. The van der Waals surface area contributed by atoms with Crippen molar-refractivity contribution in [1.82, 2.24) is 0 Å². The molecule has 18 heavy (non-hydrogen) atoms. The number of hydrogen-bond acceptors (Lipinski definition) is 2. The maximum absolute atomic E-state index is 14.0. The third-order valence-electron chi connectivity index (χ3n) is 2.63. The van der Waals surface area contributed by atoms with Gasteiger partial charge in [0.05, 0.1) is 19.8 Å². The molecule has 0 aliphatic carbocycles. The standard InChI is InChI=1S/C14H12BrFO2/c1-17-12-4-3-5-13(18-2)14(12)10-7-6-9(15)8-11(10)16/h3-8H,1-2H3. The first kappa shape index (κ1) is 12.9. The second kappa shape index (κ2) is 5.40. The summed E-state index contributed by atoms with van der Waals surface area (Å²) in [5.74, 6) is 0.832. The highest BCUT2D eigenvalue weighted by molar-refractivity contribution is 9.10. The Balaban J connectivity index is 2.68. The van der Waals surface area contributed by atoms with Crippen molar-refractivity contribution < 1.29 is 13.9 Å². The van der Waals surface area contributed by atoms with Crippen molar-refractivity contribution in [2.45, 2.75) is 0 Å². The van der Waals surface area contributed by atoms with E-state index in [0.29, 0.717) is 27.1 Å². The molecule has 2 nitrogen and oxygen atoms in total. The van der Waals surface area contributed by atoms with Gasteiger partial charge >= 0.3 is 0 Å². The van der Waals surface area contributed by atoms with Crippen molar-refractivity contribution >= 4 is 15.9 Å². The smallest absolute Gasteiger partial charge is 0.132 e. The van der Waals surface area contributed by atoms with E-state index >= 15 is 0 Å². The topological polar surface area (TPSA) is 18.5 Å². The number of rotatable bonds is 3. The molecular formula is C14H12BrFO2. The lowest BCUT2D eigenvalue weighted by Gasteiger charge is -2.13. The molecule has 0 unspecified atom stereocenters. The van der Waals surface area contributed by atoms with Crippen LogP contribution in [0.15, 0.2) is 40.9 Å². The van der Waals surface area contributed by atoms with Crippen LogP contribution in [0.5, 0.6) is 11.5 Å². The quantitative estimate of drug-likeness (QED) is 0.842. The van der Waals surface area contributed by atoms with Crippen molar-refractivity contribution in [3.05, 3.63) is 46.7 Å². The number of benzene rings is 2. The van der Waals surface area contributed by atoms with Crippen LogP contribution in [0, 0.1) is 5.82 Å². The van der Waals surface area contributed by atoms with E-state index in [2.05, 4.69) is 15.9 Å². The number of halogens is 2. The van der Waals surface area contributed by atoms with Gasteiger partial charge in [0, 0.05) is 10.0 Å². The fourth-order valence-electron chi connectivity index (χ4n) is 1.81. The summed E-state index contributed by atoms with van der Waals surface area (Å²) in [5, 5.41) is 0. The highest BCUT2D eigenvalue weighted by Gasteiger charge is 2.15. The summed E-state index contributed by atoms with van der Waals surface area (Å²) in [7, 11) is 3.10. The molecule has 0 fully saturated rings. The summed E-state index contributed by atoms with van der Waals surface area (Å²) in [5.41, 5.74) is 1.07. The molecule has 0 spiro atoms. The van der Waals surface area contributed by atoms with Gasteiger partial charge in [-0.1, -0.05) is 28.1 Å². The fraction of sp³-hybridized carbons (Fsp3) is 0.143. The zero-order valence-corrected chi connectivity index (χ0v) is 11.6. The van der Waals surface area contributed by atoms with Gasteiger partial charge in [0.25, 0.3) is 0 Å². The molecule has 0 saturated carbocycles. The molecule has 0 amide bonds. The Morgan fingerprint density at radius 1 is 1.00 bits per heavy atom. The van der Waals surface area contributed by atoms with E-state index in [4.69, 9.17) is 9.47 Å². The van der Waals surface area contributed by atoms with E-state index < -0.39 is 0 Å². The number of methoxy groups -OCH3 is 2. The van der Waals surface area contributed by atoms with E-state index in [-0.39, 0.29) is 5.82 Å². The Morgan fingerprint density at radius 2 is 1.61 bits per heavy atom. The second-order valence-electron chi connectivity index (χ2n) is 3.66. The summed E-state index contributed by atoms with van der Waals surface area (Å²) in [6.07, 6.45) is 0. The maximum Gasteiger partial charge on any atom is 0.132 e. The van der Waals surface area contributed by atoms with Crippen molar-refractivity contribution in [2.24, 2.45) is 0 Å². The van der Waals surface area contributed by atoms with Crippen LogP contribution in [0.2, 0.25) is 0 Å². The Bertz CT molecular complexity index is 547. The van der Waals surface area contributed by atoms with E-state index in [1.165, 1.54) is 6.07 Å². The predicted octanol–water partition coefficient (Wildman–Crippen LogP) is 4.27. The minimum absolute atomic E-state index is 0.327. The molecular weight excluding hydrogens is 299 g/mol. The molecule has 0 heterocycles. The third-order valence-corrected chi connectivity index (χ3v) is 3.12. The largest absolute Gasteiger partial charge is 0.496 e. The lowest BCUT2D eigenvalue weighted by atomic mass is 10.0. The summed E-state index contributed by atoms with van der Waals surface area (Å²) >= 11 is 3.24. The molecule has 2 rings (SSSR count). The van der Waals surface area contributed by atoms with Crippen LogP contribution in [0.1, 0.15) is 0 Å². The fourth-order valence-corrected chi connectivity index (χ4v) is 2.14. The first-order chi connectivity index (χ1) is 8.67. The Kier molecular flexibility index (Phi) is 3.87. The van der Waals surface area contributed by atoms with Crippen LogP contribution in [0.25, 0.3) is 11.1 Å². The van der Waals surface area contributed by atoms with Gasteiger partial charge in [0.15, 0.2) is 0 Å². The van der Waals surface area contributed by atoms with Crippen molar-refractivity contribution in [3.63, 3.8) is 0 Å². The molecule has 0 aromatic heterocycles. The predicted molar refractivity (Wildman–Crippen MR) is 72.6 cm³/mol. The van der Waals surface area contributed by atoms with Gasteiger partial charge in [-0.3, -0.25) is 0 Å². The van der Waals surface area contributed by atoms with Gasteiger partial charge in [0.1, 0.15) is 17.3 Å². The van der Waals surface area contributed by atoms with Crippen LogP contribution in [-0.4, -0.2) is 14.2 Å². The molecule has 4 heteroatoms. The van der Waals surface area contributed by atoms with Gasteiger partial charge in [-0.25, -0.2) is 4.39 Å². The first-order valence-corrected chi connectivity index (χ1v) is 6.13. The Hall–Kier alpha value is -1.55. The van der Waals surface area contributed by atoms with Gasteiger partial charge in [0.2, 0.25) is 0 Å². The summed E-state index contributed by atoms with van der Waals surface area (Å²) in [6, 6.07) is 10.3. The van der Waals surface area contributed by atoms with E-state index in [1.54, 1.807) is 44.6 Å². The maximum atomic E-state index is 14.0. The van der Waals surface area contributed by atoms with E-state index in [0.717, 1.165) is 0 Å². The Labute approximate surface area is 113 Å². The number of hydrogen-bond donors (Lipinski definition) is 0. The molecule has 0 aliphatic rings. The minimum atomic E-state index is -0.327. The molecule has 0 atom stereocenters. The molecule has 2 aromatic rings. The van der Waals surface area contributed by atoms with E-state index in [1.807, 2.05) is 0 Å². The van der Waals surface area contributed by atoms with Crippen LogP contribution < -0.4 is 9.47 Å². The van der Waals surface area contributed by atoms with Gasteiger partial charge in [-0.05, 0) is 24.3 Å². The second-order valence-corrected chi connectivity index (χ2v) is 4.58. The van der Waals surface area contributed by atoms with E-state index in [9.17, 15) is 4.39 Å². The normalized spacial score (nSPS) is 10.2. The van der Waals surface area contributed by atoms with Crippen LogP contribution in [-0.2, 0) is 0 Å². The van der Waals surface area contributed by atoms with Crippen molar-refractivity contribution in [2.75, 3.05) is 14.2 Å². The summed E-state index contributed by atoms with van der Waals surface area (Å²) in [6.45, 7) is 0. The zero-order chi connectivity index (χ0) is 13.1. The average Bonchev–Trinajstić information content (AvgIpc) is 2.38. The molecule has 0 N–H and O–H groups in total. The van der Waals surface area contributed by atoms with Gasteiger partial charge in [-0.2, -0.15) is 0 Å². The molecule has 0 bridgehead atoms. The monoisotopic (exact) mass is 310 g/mol. The molecule has 2 aromatic carbocycles. The summed E-state index contributed by atoms with van der Waals surface area (Å²) < 4.78 is 25.3. The van der Waals surface area contributed by atoms with Gasteiger partial charge < -0.3 is 9.47 Å². The summed E-state index contributed by atoms with van der Waals surface area (Å²) in [4.78, 5) is 0. The third kappa shape index (κ3) is 2.34.